The number of hydrogen-bond acceptors (Lipinski definition) is 3. The van der Waals surface area contributed by atoms with Crippen molar-refractivity contribution in [1.29, 1.82) is 0 Å². The van der Waals surface area contributed by atoms with E-state index in [2.05, 4.69) is 62.4 Å². The van der Waals surface area contributed by atoms with Crippen LogP contribution in [0.2, 0.25) is 0 Å². The third-order valence-corrected chi connectivity index (χ3v) is 6.75. The minimum absolute atomic E-state index is 0.00670. The summed E-state index contributed by atoms with van der Waals surface area (Å²) in [7, 11) is 0. The summed E-state index contributed by atoms with van der Waals surface area (Å²) >= 11 is 0. The summed E-state index contributed by atoms with van der Waals surface area (Å²) in [6, 6.07) is 24.6. The molecule has 1 aliphatic carbocycles. The molecule has 2 aliphatic rings. The van der Waals surface area contributed by atoms with Crippen molar-refractivity contribution in [2.45, 2.75) is 57.3 Å². The molecule has 1 saturated carbocycles. The van der Waals surface area contributed by atoms with E-state index in [4.69, 9.17) is 9.47 Å². The zero-order valence-corrected chi connectivity index (χ0v) is 18.4. The number of aryl methyl sites for hydroxylation is 3. The molecule has 3 heteroatoms. The summed E-state index contributed by atoms with van der Waals surface area (Å²) in [6.45, 7) is 6.17. The van der Waals surface area contributed by atoms with Gasteiger partial charge in [0, 0.05) is 0 Å². The Morgan fingerprint density at radius 2 is 1.16 bits per heavy atom. The second kappa shape index (κ2) is 7.35. The minimum atomic E-state index is -1.19. The third kappa shape index (κ3) is 3.11. The monoisotopic (exact) mass is 412 g/mol. The van der Waals surface area contributed by atoms with E-state index >= 15 is 0 Å². The smallest absolute Gasteiger partial charge is 0.347 e. The lowest BCUT2D eigenvalue weighted by Crippen LogP contribution is -2.37. The van der Waals surface area contributed by atoms with Crippen molar-refractivity contribution in [3.63, 3.8) is 0 Å². The van der Waals surface area contributed by atoms with Crippen molar-refractivity contribution in [2.24, 2.45) is 0 Å². The average Bonchev–Trinajstić information content (AvgIpc) is 3.44. The van der Waals surface area contributed by atoms with E-state index < -0.39 is 11.2 Å². The first kappa shape index (κ1) is 20.0. The van der Waals surface area contributed by atoms with E-state index in [1.54, 1.807) is 0 Å². The summed E-state index contributed by atoms with van der Waals surface area (Å²) < 4.78 is 12.6. The van der Waals surface area contributed by atoms with Crippen molar-refractivity contribution in [3.8, 4) is 0 Å². The van der Waals surface area contributed by atoms with Gasteiger partial charge in [0.1, 0.15) is 6.10 Å². The fourth-order valence-corrected chi connectivity index (χ4v) is 4.55. The van der Waals surface area contributed by atoms with Gasteiger partial charge in [0.25, 0.3) is 0 Å². The van der Waals surface area contributed by atoms with Gasteiger partial charge in [0.15, 0.2) is 5.60 Å². The molecule has 0 aromatic heterocycles. The van der Waals surface area contributed by atoms with Gasteiger partial charge in [-0.3, -0.25) is 0 Å². The number of esters is 1. The lowest BCUT2D eigenvalue weighted by Gasteiger charge is -2.28. The SMILES string of the molecule is Cc1ccc(C2(C(=O)OC3CCC3)OC2(c2ccc(C)cc2)c2ccc(C)cc2)cc1. The van der Waals surface area contributed by atoms with Gasteiger partial charge in [0.2, 0.25) is 5.60 Å². The largest absolute Gasteiger partial charge is 0.460 e. The first-order chi connectivity index (χ1) is 15.0. The predicted octanol–water partition coefficient (Wildman–Crippen LogP) is 5.88. The molecule has 1 atom stereocenters. The van der Waals surface area contributed by atoms with Crippen molar-refractivity contribution in [3.05, 3.63) is 106 Å². The molecule has 0 N–H and O–H groups in total. The van der Waals surface area contributed by atoms with E-state index in [0.29, 0.717) is 0 Å². The van der Waals surface area contributed by atoms with E-state index in [1.807, 2.05) is 31.2 Å². The Kier molecular flexibility index (Phi) is 4.75. The standard InChI is InChI=1S/C28H28O3/c1-19-7-13-22(14-8-19)27(23-15-9-20(2)10-16-23)28(31-27,24-17-11-21(3)12-18-24)26(29)30-25-5-4-6-25/h7-18,25H,4-6H2,1-3H3. The Morgan fingerprint density at radius 1 is 0.742 bits per heavy atom. The van der Waals surface area contributed by atoms with E-state index in [1.165, 1.54) is 11.1 Å². The molecule has 0 radical (unpaired) electrons. The fourth-order valence-electron chi connectivity index (χ4n) is 4.55. The van der Waals surface area contributed by atoms with Gasteiger partial charge in [-0.15, -0.1) is 0 Å². The van der Waals surface area contributed by atoms with Gasteiger partial charge in [-0.05, 0) is 56.7 Å². The van der Waals surface area contributed by atoms with Crippen LogP contribution in [0.4, 0.5) is 0 Å². The maximum atomic E-state index is 13.8. The highest BCUT2D eigenvalue weighted by atomic mass is 16.7. The van der Waals surface area contributed by atoms with Crippen LogP contribution in [-0.2, 0) is 25.5 Å². The van der Waals surface area contributed by atoms with Gasteiger partial charge >= 0.3 is 5.97 Å². The molecule has 0 amide bonds. The molecule has 1 heterocycles. The topological polar surface area (TPSA) is 38.8 Å². The second-order valence-corrected chi connectivity index (χ2v) is 9.02. The normalized spacial score (nSPS) is 21.9. The molecule has 31 heavy (non-hydrogen) atoms. The highest BCUT2D eigenvalue weighted by molar-refractivity contribution is 5.89. The van der Waals surface area contributed by atoms with Gasteiger partial charge in [-0.2, -0.15) is 0 Å². The number of carbonyl (C=O) groups excluding carboxylic acids is 1. The van der Waals surface area contributed by atoms with Gasteiger partial charge in [-0.25, -0.2) is 4.79 Å². The predicted molar refractivity (Wildman–Crippen MR) is 121 cm³/mol. The van der Waals surface area contributed by atoms with Gasteiger partial charge in [0.05, 0.1) is 0 Å². The molecule has 0 bridgehead atoms. The number of rotatable bonds is 5. The minimum Gasteiger partial charge on any atom is -0.460 e. The summed E-state index contributed by atoms with van der Waals surface area (Å²) in [4.78, 5) is 13.8. The van der Waals surface area contributed by atoms with Gasteiger partial charge in [-0.1, -0.05) is 89.5 Å². The van der Waals surface area contributed by atoms with Gasteiger partial charge < -0.3 is 9.47 Å². The maximum Gasteiger partial charge on any atom is 0.347 e. The van der Waals surface area contributed by atoms with Crippen LogP contribution in [0.5, 0.6) is 0 Å². The van der Waals surface area contributed by atoms with Crippen LogP contribution in [0.1, 0.15) is 52.6 Å². The first-order valence-corrected chi connectivity index (χ1v) is 11.1. The highest BCUT2D eigenvalue weighted by Crippen LogP contribution is 2.66. The summed E-state index contributed by atoms with van der Waals surface area (Å²) in [5, 5.41) is 0. The van der Waals surface area contributed by atoms with E-state index in [9.17, 15) is 4.79 Å². The molecule has 5 rings (SSSR count). The number of benzene rings is 3. The van der Waals surface area contributed by atoms with E-state index in [0.717, 1.165) is 41.5 Å². The Hall–Kier alpha value is -2.91. The van der Waals surface area contributed by atoms with Crippen LogP contribution >= 0.6 is 0 Å². The van der Waals surface area contributed by atoms with Crippen molar-refractivity contribution in [2.75, 3.05) is 0 Å². The summed E-state index contributed by atoms with van der Waals surface area (Å²) in [5.74, 6) is -0.290. The molecule has 1 saturated heterocycles. The Labute approximate surface area is 184 Å². The highest BCUT2D eigenvalue weighted by Gasteiger charge is 2.78. The summed E-state index contributed by atoms with van der Waals surface area (Å²) in [6.07, 6.45) is 2.96. The van der Waals surface area contributed by atoms with Crippen molar-refractivity contribution in [1.82, 2.24) is 0 Å². The molecule has 1 unspecified atom stereocenters. The molecule has 3 nitrogen and oxygen atoms in total. The van der Waals surface area contributed by atoms with Crippen molar-refractivity contribution < 1.29 is 14.3 Å². The lowest BCUT2D eigenvalue weighted by atomic mass is 9.76. The molecular formula is C28H28O3. The Morgan fingerprint density at radius 3 is 1.55 bits per heavy atom. The molecule has 3 aromatic carbocycles. The third-order valence-electron chi connectivity index (χ3n) is 6.75. The zero-order valence-electron chi connectivity index (χ0n) is 18.4. The molecule has 1 aliphatic heterocycles. The number of hydrogen-bond donors (Lipinski definition) is 0. The van der Waals surface area contributed by atoms with Crippen LogP contribution in [0, 0.1) is 20.8 Å². The van der Waals surface area contributed by atoms with Crippen LogP contribution in [-0.4, -0.2) is 12.1 Å². The molecular weight excluding hydrogens is 384 g/mol. The molecule has 3 aromatic rings. The molecule has 0 spiro atoms. The van der Waals surface area contributed by atoms with Crippen LogP contribution in [0.15, 0.2) is 72.8 Å². The van der Waals surface area contributed by atoms with Crippen molar-refractivity contribution >= 4 is 5.97 Å². The first-order valence-electron chi connectivity index (χ1n) is 11.1. The van der Waals surface area contributed by atoms with Crippen LogP contribution in [0.25, 0.3) is 0 Å². The lowest BCUT2D eigenvalue weighted by molar-refractivity contribution is -0.160. The zero-order chi connectivity index (χ0) is 21.6. The van der Waals surface area contributed by atoms with Crippen LogP contribution in [0.3, 0.4) is 0 Å². The second-order valence-electron chi connectivity index (χ2n) is 9.02. The average molecular weight is 413 g/mol. The van der Waals surface area contributed by atoms with E-state index in [-0.39, 0.29) is 12.1 Å². The van der Waals surface area contributed by atoms with Crippen LogP contribution < -0.4 is 0 Å². The number of epoxide rings is 1. The molecule has 158 valence electrons. The Balaban J connectivity index is 1.70. The quantitative estimate of drug-likeness (QED) is 0.388. The summed E-state index contributed by atoms with van der Waals surface area (Å²) in [5.41, 5.74) is 4.14. The number of carbonyl (C=O) groups is 1. The maximum absolute atomic E-state index is 13.8. The fraction of sp³-hybridized carbons (Fsp3) is 0.321. The molecule has 2 fully saturated rings. The Bertz CT molecular complexity index is 1050. The number of ether oxygens (including phenoxy) is 2.